The van der Waals surface area contributed by atoms with Crippen LogP contribution in [0.15, 0.2) is 24.3 Å². The third kappa shape index (κ3) is 3.77. The number of hydrogen-bond donors (Lipinski definition) is 3. The van der Waals surface area contributed by atoms with Gasteiger partial charge in [0.05, 0.1) is 0 Å². The van der Waals surface area contributed by atoms with E-state index >= 15 is 0 Å². The number of aromatic hydroxyl groups is 3. The Morgan fingerprint density at radius 3 is 1.37 bits per heavy atom. The van der Waals surface area contributed by atoms with Gasteiger partial charge in [0.25, 0.3) is 0 Å². The fraction of sp³-hybridized carbons (Fsp3) is 0.333. The van der Waals surface area contributed by atoms with Crippen LogP contribution in [0.25, 0.3) is 0 Å². The van der Waals surface area contributed by atoms with Gasteiger partial charge < -0.3 is 15.3 Å². The molecule has 0 bridgehead atoms. The summed E-state index contributed by atoms with van der Waals surface area (Å²) in [7, 11) is 0. The van der Waals surface area contributed by atoms with Gasteiger partial charge in [-0.3, -0.25) is 0 Å². The highest BCUT2D eigenvalue weighted by Gasteiger charge is 2.19. The second-order valence-electron chi connectivity index (χ2n) is 8.59. The average molecular weight is 405 g/mol. The third-order valence-corrected chi connectivity index (χ3v) is 6.81. The molecule has 158 valence electrons. The molecule has 3 nitrogen and oxygen atoms in total. The van der Waals surface area contributed by atoms with Gasteiger partial charge in [0.2, 0.25) is 0 Å². The fourth-order valence-electron chi connectivity index (χ4n) is 4.37. The van der Waals surface area contributed by atoms with Crippen LogP contribution in [0.3, 0.4) is 0 Å². The van der Waals surface area contributed by atoms with Gasteiger partial charge in [-0.2, -0.15) is 0 Å². The van der Waals surface area contributed by atoms with Crippen molar-refractivity contribution < 1.29 is 15.3 Å². The molecule has 0 spiro atoms. The van der Waals surface area contributed by atoms with Crippen molar-refractivity contribution in [1.82, 2.24) is 0 Å². The zero-order valence-electron chi connectivity index (χ0n) is 19.1. The molecular formula is C27H32O3. The predicted molar refractivity (Wildman–Crippen MR) is 123 cm³/mol. The zero-order valence-corrected chi connectivity index (χ0v) is 19.1. The van der Waals surface area contributed by atoms with Crippen LogP contribution in [0.5, 0.6) is 17.2 Å². The average Bonchev–Trinajstić information content (AvgIpc) is 2.69. The molecule has 0 atom stereocenters. The number of phenols is 3. The van der Waals surface area contributed by atoms with Gasteiger partial charge in [-0.25, -0.2) is 0 Å². The van der Waals surface area contributed by atoms with E-state index in [1.807, 2.05) is 59.7 Å². The Morgan fingerprint density at radius 2 is 0.900 bits per heavy atom. The van der Waals surface area contributed by atoms with E-state index in [0.717, 1.165) is 55.6 Å². The van der Waals surface area contributed by atoms with Crippen molar-refractivity contribution in [1.29, 1.82) is 0 Å². The lowest BCUT2D eigenvalue weighted by molar-refractivity contribution is 0.467. The Labute approximate surface area is 179 Å². The summed E-state index contributed by atoms with van der Waals surface area (Å²) in [5.41, 5.74) is 11.5. The molecule has 0 aliphatic heterocycles. The van der Waals surface area contributed by atoms with Crippen LogP contribution < -0.4 is 0 Å². The maximum Gasteiger partial charge on any atom is 0.119 e. The first-order chi connectivity index (χ1) is 14.0. The molecule has 30 heavy (non-hydrogen) atoms. The summed E-state index contributed by atoms with van der Waals surface area (Å²) in [6.07, 6.45) is 1.31. The van der Waals surface area contributed by atoms with Crippen LogP contribution in [0.4, 0.5) is 0 Å². The smallest absolute Gasteiger partial charge is 0.119 e. The SMILES string of the molecule is Cc1cc(O)c(C)c(C)c1Cc1c(C)ccc(O)c1Cc1c(C)cc(O)c(C)c1C. The van der Waals surface area contributed by atoms with E-state index < -0.39 is 0 Å². The molecular weight excluding hydrogens is 372 g/mol. The van der Waals surface area contributed by atoms with E-state index in [-0.39, 0.29) is 0 Å². The Kier molecular flexibility index (Phi) is 5.85. The normalized spacial score (nSPS) is 11.2. The van der Waals surface area contributed by atoms with Gasteiger partial charge >= 0.3 is 0 Å². The Morgan fingerprint density at radius 1 is 0.467 bits per heavy atom. The molecule has 3 heteroatoms. The van der Waals surface area contributed by atoms with Gasteiger partial charge in [-0.05, 0) is 129 Å². The first kappa shape index (κ1) is 21.8. The van der Waals surface area contributed by atoms with Crippen LogP contribution in [-0.4, -0.2) is 15.3 Å². The molecule has 0 fully saturated rings. The van der Waals surface area contributed by atoms with E-state index in [4.69, 9.17) is 0 Å². The minimum Gasteiger partial charge on any atom is -0.508 e. The Bertz CT molecular complexity index is 1050. The third-order valence-electron chi connectivity index (χ3n) is 6.81. The van der Waals surface area contributed by atoms with Crippen molar-refractivity contribution in [2.45, 2.75) is 61.3 Å². The van der Waals surface area contributed by atoms with Gasteiger partial charge in [-0.1, -0.05) is 6.07 Å². The highest BCUT2D eigenvalue weighted by atomic mass is 16.3. The van der Waals surface area contributed by atoms with E-state index in [1.54, 1.807) is 6.07 Å². The summed E-state index contributed by atoms with van der Waals surface area (Å²) in [6, 6.07) is 7.37. The van der Waals surface area contributed by atoms with Crippen molar-refractivity contribution in [2.75, 3.05) is 0 Å². The van der Waals surface area contributed by atoms with Crippen LogP contribution in [0, 0.1) is 48.5 Å². The van der Waals surface area contributed by atoms with E-state index in [1.165, 1.54) is 5.56 Å². The zero-order chi connectivity index (χ0) is 22.3. The molecule has 0 aliphatic carbocycles. The number of phenolic OH excluding ortho intramolecular Hbond substituents is 3. The van der Waals surface area contributed by atoms with Gasteiger partial charge in [0.15, 0.2) is 0 Å². The lowest BCUT2D eigenvalue weighted by atomic mass is 9.85. The lowest BCUT2D eigenvalue weighted by Crippen LogP contribution is -2.06. The molecule has 0 heterocycles. The molecule has 0 amide bonds. The second-order valence-corrected chi connectivity index (χ2v) is 8.59. The molecule has 0 unspecified atom stereocenters. The highest BCUT2D eigenvalue weighted by Crippen LogP contribution is 2.35. The summed E-state index contributed by atoms with van der Waals surface area (Å²) < 4.78 is 0. The minimum absolute atomic E-state index is 0.297. The Hall–Kier alpha value is -2.94. The van der Waals surface area contributed by atoms with Crippen molar-refractivity contribution in [3.05, 3.63) is 85.5 Å². The van der Waals surface area contributed by atoms with Gasteiger partial charge in [0.1, 0.15) is 17.2 Å². The van der Waals surface area contributed by atoms with E-state index in [0.29, 0.717) is 30.1 Å². The van der Waals surface area contributed by atoms with Crippen molar-refractivity contribution in [3.8, 4) is 17.2 Å². The number of benzene rings is 3. The van der Waals surface area contributed by atoms with E-state index in [2.05, 4.69) is 6.92 Å². The molecule has 0 aliphatic rings. The summed E-state index contributed by atoms with van der Waals surface area (Å²) in [6.45, 7) is 14.1. The molecule has 0 saturated carbocycles. The summed E-state index contributed by atoms with van der Waals surface area (Å²) >= 11 is 0. The summed E-state index contributed by atoms with van der Waals surface area (Å²) in [5.74, 6) is 0.937. The van der Waals surface area contributed by atoms with Crippen LogP contribution in [-0.2, 0) is 12.8 Å². The lowest BCUT2D eigenvalue weighted by Gasteiger charge is -2.21. The summed E-state index contributed by atoms with van der Waals surface area (Å²) in [4.78, 5) is 0. The number of rotatable bonds is 4. The predicted octanol–water partition coefficient (Wildman–Crippen LogP) is 6.14. The Balaban J connectivity index is 2.16. The van der Waals surface area contributed by atoms with Crippen LogP contribution in [0.2, 0.25) is 0 Å². The quantitative estimate of drug-likeness (QED) is 0.489. The van der Waals surface area contributed by atoms with Crippen LogP contribution in [0.1, 0.15) is 61.2 Å². The minimum atomic E-state index is 0.297. The molecule has 3 aromatic rings. The monoisotopic (exact) mass is 404 g/mol. The highest BCUT2D eigenvalue weighted by molar-refractivity contribution is 5.55. The maximum absolute atomic E-state index is 10.8. The molecule has 0 aromatic heterocycles. The first-order valence-corrected chi connectivity index (χ1v) is 10.4. The van der Waals surface area contributed by atoms with Gasteiger partial charge in [-0.15, -0.1) is 0 Å². The standard InChI is InChI=1S/C27H32O3/c1-14-8-9-25(28)24(13-22-16(3)11-27(30)20(7)18(22)5)23(14)12-21-15(2)10-26(29)19(6)17(21)4/h8-11,28-30H,12-13H2,1-7H3. The van der Waals surface area contributed by atoms with E-state index in [9.17, 15) is 15.3 Å². The molecule has 3 aromatic carbocycles. The number of hydrogen-bond acceptors (Lipinski definition) is 3. The topological polar surface area (TPSA) is 60.7 Å². The largest absolute Gasteiger partial charge is 0.508 e. The van der Waals surface area contributed by atoms with Crippen molar-refractivity contribution in [2.24, 2.45) is 0 Å². The molecule has 3 rings (SSSR count). The second kappa shape index (κ2) is 8.06. The van der Waals surface area contributed by atoms with Crippen molar-refractivity contribution >= 4 is 0 Å². The molecule has 3 N–H and O–H groups in total. The van der Waals surface area contributed by atoms with Gasteiger partial charge in [0, 0.05) is 12.0 Å². The first-order valence-electron chi connectivity index (χ1n) is 10.4. The van der Waals surface area contributed by atoms with Crippen LogP contribution >= 0.6 is 0 Å². The number of aryl methyl sites for hydroxylation is 3. The molecule has 0 saturated heterocycles. The van der Waals surface area contributed by atoms with Crippen molar-refractivity contribution in [3.63, 3.8) is 0 Å². The molecule has 0 radical (unpaired) electrons. The fourth-order valence-corrected chi connectivity index (χ4v) is 4.37. The summed E-state index contributed by atoms with van der Waals surface area (Å²) in [5, 5.41) is 31.1. The maximum atomic E-state index is 10.8.